The van der Waals surface area contributed by atoms with E-state index >= 15 is 0 Å². The maximum atomic E-state index is 6.04. The summed E-state index contributed by atoms with van der Waals surface area (Å²) in [5.41, 5.74) is 8.19. The molecule has 0 bridgehead atoms. The zero-order valence-corrected chi connectivity index (χ0v) is 11.4. The summed E-state index contributed by atoms with van der Waals surface area (Å²) in [7, 11) is 0. The van der Waals surface area contributed by atoms with E-state index < -0.39 is 0 Å². The van der Waals surface area contributed by atoms with Crippen molar-refractivity contribution >= 4 is 17.0 Å². The summed E-state index contributed by atoms with van der Waals surface area (Å²) in [6, 6.07) is 8.18. The minimum Gasteiger partial charge on any atom is -0.369 e. The van der Waals surface area contributed by atoms with Gasteiger partial charge in [0.15, 0.2) is 0 Å². The lowest BCUT2D eigenvalue weighted by atomic mass is 9.99. The van der Waals surface area contributed by atoms with Crippen LogP contribution >= 0.6 is 0 Å². The number of nitrogens with zero attached hydrogens (tertiary/aromatic N) is 2. The van der Waals surface area contributed by atoms with Crippen molar-refractivity contribution in [3.05, 3.63) is 24.3 Å². The largest absolute Gasteiger partial charge is 0.369 e. The van der Waals surface area contributed by atoms with Gasteiger partial charge in [-0.05, 0) is 24.5 Å². The number of imidazole rings is 1. The summed E-state index contributed by atoms with van der Waals surface area (Å²) in [4.78, 5) is 4.42. The summed E-state index contributed by atoms with van der Waals surface area (Å²) in [5.74, 6) is 1.34. The van der Waals surface area contributed by atoms with Gasteiger partial charge >= 0.3 is 0 Å². The minimum atomic E-state index is 0.645. The summed E-state index contributed by atoms with van der Waals surface area (Å²) in [6.07, 6.45) is 5.03. The molecule has 1 unspecified atom stereocenters. The number of aromatic nitrogens is 2. The Hall–Kier alpha value is -1.51. The molecule has 18 heavy (non-hydrogen) atoms. The molecule has 2 N–H and O–H groups in total. The molecular weight excluding hydrogens is 222 g/mol. The molecule has 0 fully saturated rings. The van der Waals surface area contributed by atoms with E-state index in [1.165, 1.54) is 25.7 Å². The summed E-state index contributed by atoms with van der Waals surface area (Å²) in [6.45, 7) is 5.49. The van der Waals surface area contributed by atoms with E-state index in [2.05, 4.69) is 29.5 Å². The maximum absolute atomic E-state index is 6.04. The summed E-state index contributed by atoms with van der Waals surface area (Å²) >= 11 is 0. The van der Waals surface area contributed by atoms with Gasteiger partial charge in [-0.15, -0.1) is 0 Å². The van der Waals surface area contributed by atoms with E-state index in [1.807, 2.05) is 18.2 Å². The average Bonchev–Trinajstić information content (AvgIpc) is 2.70. The first-order valence-electron chi connectivity index (χ1n) is 6.97. The molecule has 0 aliphatic heterocycles. The van der Waals surface area contributed by atoms with E-state index in [0.29, 0.717) is 11.9 Å². The smallest absolute Gasteiger partial charge is 0.201 e. The Labute approximate surface area is 109 Å². The molecule has 0 saturated heterocycles. The topological polar surface area (TPSA) is 43.8 Å². The Balaban J connectivity index is 2.21. The third kappa shape index (κ3) is 2.66. The van der Waals surface area contributed by atoms with Gasteiger partial charge in [0.05, 0.1) is 11.0 Å². The highest BCUT2D eigenvalue weighted by Crippen LogP contribution is 2.22. The van der Waals surface area contributed by atoms with Crippen LogP contribution in [0.1, 0.15) is 39.5 Å². The van der Waals surface area contributed by atoms with Crippen LogP contribution in [0.2, 0.25) is 0 Å². The van der Waals surface area contributed by atoms with Gasteiger partial charge in [0.25, 0.3) is 0 Å². The van der Waals surface area contributed by atoms with E-state index in [-0.39, 0.29) is 0 Å². The van der Waals surface area contributed by atoms with Crippen LogP contribution in [-0.4, -0.2) is 9.55 Å². The highest BCUT2D eigenvalue weighted by Gasteiger charge is 2.12. The number of unbranched alkanes of at least 4 members (excludes halogenated alkanes) is 1. The number of fused-ring (bicyclic) bond motifs is 1. The Morgan fingerprint density at radius 1 is 1.28 bits per heavy atom. The normalized spacial score (nSPS) is 13.0. The molecule has 2 aromatic rings. The molecule has 0 spiro atoms. The summed E-state index contributed by atoms with van der Waals surface area (Å²) < 4.78 is 2.17. The quantitative estimate of drug-likeness (QED) is 0.840. The third-order valence-electron chi connectivity index (χ3n) is 3.67. The lowest BCUT2D eigenvalue weighted by molar-refractivity contribution is 0.398. The zero-order valence-electron chi connectivity index (χ0n) is 11.4. The Kier molecular flexibility index (Phi) is 4.24. The predicted molar refractivity (Wildman–Crippen MR) is 77.5 cm³/mol. The predicted octanol–water partition coefficient (Wildman–Crippen LogP) is 3.83. The van der Waals surface area contributed by atoms with E-state index in [9.17, 15) is 0 Å². The molecule has 0 radical (unpaired) electrons. The number of hydrogen-bond donors (Lipinski definition) is 1. The van der Waals surface area contributed by atoms with Crippen LogP contribution in [0.4, 0.5) is 5.95 Å². The van der Waals surface area contributed by atoms with Gasteiger partial charge in [-0.1, -0.05) is 45.2 Å². The van der Waals surface area contributed by atoms with Crippen LogP contribution < -0.4 is 5.73 Å². The molecule has 1 atom stereocenters. The van der Waals surface area contributed by atoms with Crippen LogP contribution in [0, 0.1) is 5.92 Å². The second-order valence-corrected chi connectivity index (χ2v) is 4.99. The highest BCUT2D eigenvalue weighted by atomic mass is 15.2. The van der Waals surface area contributed by atoms with Gasteiger partial charge in [0.1, 0.15) is 0 Å². The number of nitrogens with two attached hydrogens (primary N) is 1. The fraction of sp³-hybridized carbons (Fsp3) is 0.533. The molecule has 1 aromatic heterocycles. The van der Waals surface area contributed by atoms with E-state index in [0.717, 1.165) is 17.6 Å². The van der Waals surface area contributed by atoms with E-state index in [1.54, 1.807) is 0 Å². The van der Waals surface area contributed by atoms with Crippen molar-refractivity contribution < 1.29 is 0 Å². The standard InChI is InChI=1S/C15H23N3/c1-3-5-8-12(4-2)11-18-14-10-7-6-9-13(14)17-15(18)16/h6-7,9-10,12H,3-5,8,11H2,1-2H3,(H2,16,17). The number of rotatable bonds is 6. The average molecular weight is 245 g/mol. The van der Waals surface area contributed by atoms with Crippen molar-refractivity contribution in [3.8, 4) is 0 Å². The van der Waals surface area contributed by atoms with Crippen LogP contribution in [0.25, 0.3) is 11.0 Å². The van der Waals surface area contributed by atoms with Crippen molar-refractivity contribution in [1.29, 1.82) is 0 Å². The van der Waals surface area contributed by atoms with Gasteiger partial charge < -0.3 is 10.3 Å². The first-order valence-corrected chi connectivity index (χ1v) is 6.97. The van der Waals surface area contributed by atoms with Crippen molar-refractivity contribution in [2.75, 3.05) is 5.73 Å². The highest BCUT2D eigenvalue weighted by molar-refractivity contribution is 5.78. The van der Waals surface area contributed by atoms with Crippen LogP contribution in [-0.2, 0) is 6.54 Å². The van der Waals surface area contributed by atoms with Crippen molar-refractivity contribution in [2.45, 2.75) is 46.1 Å². The molecule has 1 aromatic carbocycles. The molecule has 98 valence electrons. The molecule has 3 heteroatoms. The molecular formula is C15H23N3. The van der Waals surface area contributed by atoms with Gasteiger partial charge in [0, 0.05) is 6.54 Å². The lowest BCUT2D eigenvalue weighted by Crippen LogP contribution is -2.12. The Bertz CT molecular complexity index is 501. The minimum absolute atomic E-state index is 0.645. The van der Waals surface area contributed by atoms with Gasteiger partial charge in [-0.2, -0.15) is 0 Å². The zero-order chi connectivity index (χ0) is 13.0. The molecule has 0 aliphatic carbocycles. The first-order chi connectivity index (χ1) is 8.76. The Morgan fingerprint density at radius 3 is 2.78 bits per heavy atom. The third-order valence-corrected chi connectivity index (χ3v) is 3.67. The van der Waals surface area contributed by atoms with Crippen LogP contribution in [0.3, 0.4) is 0 Å². The monoisotopic (exact) mass is 245 g/mol. The first kappa shape index (κ1) is 12.9. The molecule has 3 nitrogen and oxygen atoms in total. The number of benzene rings is 1. The maximum Gasteiger partial charge on any atom is 0.201 e. The molecule has 0 amide bonds. The number of anilines is 1. The lowest BCUT2D eigenvalue weighted by Gasteiger charge is -2.16. The van der Waals surface area contributed by atoms with Crippen molar-refractivity contribution in [1.82, 2.24) is 9.55 Å². The van der Waals surface area contributed by atoms with Crippen molar-refractivity contribution in [3.63, 3.8) is 0 Å². The fourth-order valence-electron chi connectivity index (χ4n) is 2.46. The molecule has 2 rings (SSSR count). The molecule has 0 saturated carbocycles. The second-order valence-electron chi connectivity index (χ2n) is 4.99. The number of para-hydroxylation sites is 2. The van der Waals surface area contributed by atoms with E-state index in [4.69, 9.17) is 5.73 Å². The molecule has 1 heterocycles. The van der Waals surface area contributed by atoms with Gasteiger partial charge in [-0.25, -0.2) is 4.98 Å². The van der Waals surface area contributed by atoms with Crippen molar-refractivity contribution in [2.24, 2.45) is 5.92 Å². The van der Waals surface area contributed by atoms with Gasteiger partial charge in [-0.3, -0.25) is 0 Å². The number of hydrogen-bond acceptors (Lipinski definition) is 2. The Morgan fingerprint density at radius 2 is 2.06 bits per heavy atom. The van der Waals surface area contributed by atoms with Crippen LogP contribution in [0.15, 0.2) is 24.3 Å². The summed E-state index contributed by atoms with van der Waals surface area (Å²) in [5, 5.41) is 0. The fourth-order valence-corrected chi connectivity index (χ4v) is 2.46. The molecule has 0 aliphatic rings. The SMILES string of the molecule is CCCCC(CC)Cn1c(N)nc2ccccc21. The number of nitrogen functional groups attached to an aromatic ring is 1. The van der Waals surface area contributed by atoms with Gasteiger partial charge in [0.2, 0.25) is 5.95 Å². The van der Waals surface area contributed by atoms with Crippen LogP contribution in [0.5, 0.6) is 0 Å². The second kappa shape index (κ2) is 5.89.